The molecule has 4 aromatic heterocycles. The number of aromatic nitrogens is 8. The lowest BCUT2D eigenvalue weighted by molar-refractivity contribution is 1.18. The average molecular weight is 1550 g/mol. The smallest absolute Gasteiger partial charge is 0.160 e. The van der Waals surface area contributed by atoms with Crippen molar-refractivity contribution in [2.75, 3.05) is 0 Å². The third-order valence-electron chi connectivity index (χ3n) is 21.7. The van der Waals surface area contributed by atoms with Crippen LogP contribution in [0.4, 0.5) is 0 Å². The molecule has 6 aliphatic heterocycles. The molecule has 0 saturated carbocycles. The Morgan fingerprint density at radius 1 is 0.179 bits per heavy atom. The van der Waals surface area contributed by atoms with Crippen molar-refractivity contribution in [3.8, 4) is 155 Å². The Hall–Kier alpha value is -14.7. The summed E-state index contributed by atoms with van der Waals surface area (Å²) >= 11 is 5.50. The SMILES string of the molecule is c1cc(-c2ccncc2)cc(-c2ccc(-c3sc4ccccc4c4nc5ccccc5c3-4)cc2)c1.c1ccc(-c2cc(-c3ccccc3)nc(-c3ccc(-c4sc5ccccc5c5nc6ccccc6c4-5)cc3)n2)cc1.c1cncc(-c2cc(-c3ccc(-c4sc5ccccc5c5nc6ccccc6c4-5)cc3)cc(-c3cccnc3)c2)c1. The lowest BCUT2D eigenvalue weighted by Gasteiger charge is -2.13. The molecule has 17 aromatic rings. The first-order valence-electron chi connectivity index (χ1n) is 38.9. The summed E-state index contributed by atoms with van der Waals surface area (Å²) in [5.41, 5.74) is 30.1. The third kappa shape index (κ3) is 13.6. The minimum atomic E-state index is 0.713. The molecule has 0 amide bonds. The topological polar surface area (TPSA) is 103 Å². The number of fused-ring (bicyclic) bond motifs is 15. The molecule has 0 aliphatic carbocycles. The minimum absolute atomic E-state index is 0.713. The van der Waals surface area contributed by atoms with E-state index in [1.54, 1.807) is 0 Å². The number of hydrogen-bond acceptors (Lipinski definition) is 11. The molecule has 0 N–H and O–H groups in total. The second-order valence-electron chi connectivity index (χ2n) is 28.9. The fourth-order valence-corrected chi connectivity index (χ4v) is 19.6. The molecule has 0 radical (unpaired) electrons. The molecule has 0 atom stereocenters. The van der Waals surface area contributed by atoms with Gasteiger partial charge in [-0.1, -0.05) is 273 Å². The van der Waals surface area contributed by atoms with E-state index in [9.17, 15) is 0 Å². The maximum atomic E-state index is 5.07. The third-order valence-corrected chi connectivity index (χ3v) is 25.4. The van der Waals surface area contributed by atoms with Crippen LogP contribution < -0.4 is 0 Å². The van der Waals surface area contributed by atoms with Crippen LogP contribution in [0.25, 0.3) is 218 Å². The van der Waals surface area contributed by atoms with Gasteiger partial charge in [-0.15, -0.1) is 34.0 Å². The molecule has 11 heteroatoms. The van der Waals surface area contributed by atoms with Gasteiger partial charge in [0.2, 0.25) is 0 Å². The van der Waals surface area contributed by atoms with Gasteiger partial charge in [-0.25, -0.2) is 24.9 Å². The van der Waals surface area contributed by atoms with Crippen molar-refractivity contribution in [1.29, 1.82) is 0 Å². The molecule has 0 fully saturated rings. The van der Waals surface area contributed by atoms with Crippen LogP contribution in [-0.4, -0.2) is 39.9 Å². The Bertz CT molecular complexity index is 7030. The van der Waals surface area contributed by atoms with E-state index in [4.69, 9.17) is 24.9 Å². The first kappa shape index (κ1) is 70.2. The summed E-state index contributed by atoms with van der Waals surface area (Å²) in [5, 5.41) is 7.23. The van der Waals surface area contributed by atoms with E-state index in [0.717, 1.165) is 101 Å². The highest BCUT2D eigenvalue weighted by Gasteiger charge is 2.26. The standard InChI is InChI=1S/2C37H23N3S.C32H20N2S/c1-3-11-33-31(9-1)35-36(40-33)32-10-2-4-12-34(32)41-37(35)25-15-13-24(14-16-25)28-19-29(26-7-5-17-38-22-26)21-30(20-28)27-8-6-18-39-23-27;1-3-11-24(12-4-1)31-23-32(25-13-5-2-6-14-25)40-37(39-31)27-21-19-26(20-22-27)36-34-28-15-7-9-17-30(28)38-35(34)29-16-8-10-18-33(29)41-36;1-3-10-28-26(8-1)30-31(34-28)27-9-2-4-11-29(27)35-32(30)23-14-12-21(13-15-23)24-6-5-7-25(20-24)22-16-18-33-19-17-22/h2*1-23H;1-20H. The van der Waals surface area contributed by atoms with Gasteiger partial charge in [0.15, 0.2) is 5.82 Å². The number of rotatable bonds is 11. The van der Waals surface area contributed by atoms with Crippen molar-refractivity contribution >= 4 is 97.0 Å². The van der Waals surface area contributed by atoms with Crippen molar-refractivity contribution in [3.63, 3.8) is 0 Å². The molecule has 117 heavy (non-hydrogen) atoms. The number of nitrogens with zero attached hydrogens (tertiary/aromatic N) is 8. The summed E-state index contributed by atoms with van der Waals surface area (Å²) in [5.74, 6) is 0.713. The normalized spacial score (nSPS) is 11.4. The Labute approximate surface area is 687 Å². The van der Waals surface area contributed by atoms with Crippen LogP contribution in [0.5, 0.6) is 0 Å². The van der Waals surface area contributed by atoms with Crippen molar-refractivity contribution in [2.45, 2.75) is 0 Å². The first-order valence-corrected chi connectivity index (χ1v) is 41.3. The largest absolute Gasteiger partial charge is 0.265 e. The molecule has 10 heterocycles. The molecule has 6 aliphatic rings. The van der Waals surface area contributed by atoms with E-state index in [0.29, 0.717) is 5.82 Å². The predicted molar refractivity (Wildman–Crippen MR) is 490 cm³/mol. The second-order valence-corrected chi connectivity index (χ2v) is 32.0. The van der Waals surface area contributed by atoms with Crippen molar-refractivity contribution in [2.24, 2.45) is 0 Å². The van der Waals surface area contributed by atoms with Gasteiger partial charge in [-0.2, -0.15) is 0 Å². The summed E-state index contributed by atoms with van der Waals surface area (Å²) in [6.45, 7) is 0. The van der Waals surface area contributed by atoms with E-state index in [1.165, 1.54) is 111 Å². The van der Waals surface area contributed by atoms with Crippen LogP contribution in [0, 0.1) is 0 Å². The highest BCUT2D eigenvalue weighted by molar-refractivity contribution is 7.23. The van der Waals surface area contributed by atoms with Crippen LogP contribution in [0.3, 0.4) is 0 Å². The van der Waals surface area contributed by atoms with E-state index in [-0.39, 0.29) is 0 Å². The minimum Gasteiger partial charge on any atom is -0.265 e. The number of hydrogen-bond donors (Lipinski definition) is 0. The zero-order valence-corrected chi connectivity index (χ0v) is 65.4. The maximum Gasteiger partial charge on any atom is 0.160 e. The quantitative estimate of drug-likeness (QED) is 0.126. The van der Waals surface area contributed by atoms with E-state index in [1.807, 2.05) is 132 Å². The van der Waals surface area contributed by atoms with Gasteiger partial charge >= 0.3 is 0 Å². The summed E-state index contributed by atoms with van der Waals surface area (Å²) in [7, 11) is 0. The molecule has 0 bridgehead atoms. The molecular formula is C106H66N8S3. The lowest BCUT2D eigenvalue weighted by Crippen LogP contribution is -1.96. The van der Waals surface area contributed by atoms with Crippen LogP contribution in [0.1, 0.15) is 0 Å². The van der Waals surface area contributed by atoms with Crippen molar-refractivity contribution in [1.82, 2.24) is 39.9 Å². The zero-order valence-electron chi connectivity index (χ0n) is 62.9. The van der Waals surface area contributed by atoms with Crippen molar-refractivity contribution < 1.29 is 0 Å². The van der Waals surface area contributed by atoms with Gasteiger partial charge in [0.05, 0.1) is 45.0 Å². The van der Waals surface area contributed by atoms with Gasteiger partial charge in [-0.05, 0) is 152 Å². The van der Waals surface area contributed by atoms with Crippen LogP contribution >= 0.6 is 34.0 Å². The van der Waals surface area contributed by atoms with Gasteiger partial charge in [-0.3, -0.25) is 15.0 Å². The Balaban J connectivity index is 0.000000110. The summed E-state index contributed by atoms with van der Waals surface area (Å²) in [6, 6.07) is 128. The summed E-state index contributed by atoms with van der Waals surface area (Å²) in [4.78, 5) is 41.8. The van der Waals surface area contributed by atoms with E-state index in [2.05, 4.69) is 318 Å². The highest BCUT2D eigenvalue weighted by Crippen LogP contribution is 2.51. The van der Waals surface area contributed by atoms with Crippen LogP contribution in [0.2, 0.25) is 0 Å². The van der Waals surface area contributed by atoms with Crippen molar-refractivity contribution in [3.05, 3.63) is 401 Å². The molecule has 0 spiro atoms. The van der Waals surface area contributed by atoms with E-state index >= 15 is 0 Å². The average Bonchev–Trinajstić information content (AvgIpc) is 1.61. The molecule has 0 unspecified atom stereocenters. The molecule has 13 aromatic carbocycles. The Kier molecular flexibility index (Phi) is 18.4. The van der Waals surface area contributed by atoms with Gasteiger partial charge in [0.25, 0.3) is 0 Å². The van der Waals surface area contributed by atoms with E-state index < -0.39 is 0 Å². The number of pyridine rings is 3. The molecule has 548 valence electrons. The first-order chi connectivity index (χ1) is 58.0. The molecule has 0 saturated heterocycles. The van der Waals surface area contributed by atoms with Crippen LogP contribution in [0.15, 0.2) is 401 Å². The van der Waals surface area contributed by atoms with Crippen LogP contribution in [-0.2, 0) is 0 Å². The van der Waals surface area contributed by atoms with Gasteiger partial charge in [0, 0.05) is 143 Å². The fraction of sp³-hybridized carbons (Fsp3) is 0. The molecule has 23 rings (SSSR count). The van der Waals surface area contributed by atoms with Gasteiger partial charge < -0.3 is 0 Å². The number of benzene rings is 13. The number of para-hydroxylation sites is 3. The fourth-order valence-electron chi connectivity index (χ4n) is 16.0. The predicted octanol–water partition coefficient (Wildman–Crippen LogP) is 29.0. The lowest BCUT2D eigenvalue weighted by atomic mass is 9.93. The molecular weight excluding hydrogens is 1480 g/mol. The zero-order chi connectivity index (χ0) is 77.5. The van der Waals surface area contributed by atoms with Gasteiger partial charge in [0.1, 0.15) is 0 Å². The maximum absolute atomic E-state index is 5.07. The Morgan fingerprint density at radius 2 is 0.487 bits per heavy atom. The highest BCUT2D eigenvalue weighted by atomic mass is 32.1. The summed E-state index contributed by atoms with van der Waals surface area (Å²) in [6.07, 6.45) is 11.1. The second kappa shape index (κ2) is 30.7. The monoisotopic (exact) mass is 1550 g/mol. The Morgan fingerprint density at radius 3 is 0.880 bits per heavy atom. The summed E-state index contributed by atoms with van der Waals surface area (Å²) < 4.78 is 3.73. The molecule has 8 nitrogen and oxygen atoms in total.